The second-order valence-corrected chi connectivity index (χ2v) is 7.05. The minimum atomic E-state index is -0.367. The summed E-state index contributed by atoms with van der Waals surface area (Å²) in [6.07, 6.45) is 1.54. The maximum Gasteiger partial charge on any atom is 0.337 e. The zero-order valence-corrected chi connectivity index (χ0v) is 15.8. The Bertz CT molecular complexity index is 1110. The van der Waals surface area contributed by atoms with Gasteiger partial charge in [0, 0.05) is 21.7 Å². The molecule has 0 bridgehead atoms. The molecule has 2 aromatic carbocycles. The van der Waals surface area contributed by atoms with Crippen molar-refractivity contribution in [3.05, 3.63) is 70.8 Å². The first-order valence-electron chi connectivity index (χ1n) is 8.09. The summed E-state index contributed by atoms with van der Waals surface area (Å²) in [4.78, 5) is 21.3. The van der Waals surface area contributed by atoms with E-state index < -0.39 is 0 Å². The van der Waals surface area contributed by atoms with E-state index >= 15 is 0 Å². The number of halogens is 1. The number of ether oxygens (including phenoxy) is 1. The van der Waals surface area contributed by atoms with Crippen molar-refractivity contribution >= 4 is 50.6 Å². The number of rotatable bonds is 4. The summed E-state index contributed by atoms with van der Waals surface area (Å²) >= 11 is 7.57. The van der Waals surface area contributed by atoms with Crippen molar-refractivity contribution in [3.63, 3.8) is 0 Å². The van der Waals surface area contributed by atoms with Crippen LogP contribution >= 0.6 is 22.9 Å². The number of aromatic nitrogens is 2. The Balaban J connectivity index is 1.73. The van der Waals surface area contributed by atoms with Gasteiger partial charge >= 0.3 is 5.97 Å². The number of esters is 1. The molecule has 0 aliphatic rings. The van der Waals surface area contributed by atoms with Crippen LogP contribution in [-0.4, -0.2) is 23.0 Å². The molecule has 0 radical (unpaired) electrons. The second-order valence-electron chi connectivity index (χ2n) is 5.75. The minimum absolute atomic E-state index is 0.367. The number of anilines is 2. The van der Waals surface area contributed by atoms with E-state index in [9.17, 15) is 4.79 Å². The Hall–Kier alpha value is -2.96. The van der Waals surface area contributed by atoms with Crippen LogP contribution < -0.4 is 5.32 Å². The molecule has 0 aliphatic heterocycles. The van der Waals surface area contributed by atoms with Gasteiger partial charge < -0.3 is 10.1 Å². The van der Waals surface area contributed by atoms with Crippen molar-refractivity contribution in [1.29, 1.82) is 0 Å². The van der Waals surface area contributed by atoms with Crippen LogP contribution in [0.3, 0.4) is 0 Å². The molecule has 7 heteroatoms. The molecule has 0 amide bonds. The van der Waals surface area contributed by atoms with E-state index in [1.807, 2.05) is 36.4 Å². The molecule has 5 nitrogen and oxygen atoms in total. The molecule has 0 unspecified atom stereocenters. The SMILES string of the molecule is COC(=O)c1ccc(Nc2ncnc3scc(-c4ccc(Cl)cc4)c23)cc1. The third-order valence-corrected chi connectivity index (χ3v) is 5.23. The Labute approximate surface area is 164 Å². The lowest BCUT2D eigenvalue weighted by Gasteiger charge is -2.09. The largest absolute Gasteiger partial charge is 0.465 e. The smallest absolute Gasteiger partial charge is 0.337 e. The third kappa shape index (κ3) is 3.49. The number of fused-ring (bicyclic) bond motifs is 1. The van der Waals surface area contributed by atoms with Gasteiger partial charge in [0.2, 0.25) is 0 Å². The molecule has 0 spiro atoms. The first-order chi connectivity index (χ1) is 13.2. The molecule has 4 aromatic rings. The zero-order valence-electron chi connectivity index (χ0n) is 14.3. The fourth-order valence-electron chi connectivity index (χ4n) is 2.76. The van der Waals surface area contributed by atoms with Crippen molar-refractivity contribution in [2.24, 2.45) is 0 Å². The van der Waals surface area contributed by atoms with Gasteiger partial charge in [-0.05, 0) is 42.0 Å². The Kier molecular flexibility index (Phi) is 4.75. The molecule has 2 aromatic heterocycles. The van der Waals surface area contributed by atoms with E-state index in [0.717, 1.165) is 27.0 Å². The number of thiophene rings is 1. The highest BCUT2D eigenvalue weighted by Crippen LogP contribution is 2.37. The molecule has 134 valence electrons. The van der Waals surface area contributed by atoms with Crippen LogP contribution in [0.2, 0.25) is 5.02 Å². The molecule has 0 atom stereocenters. The van der Waals surface area contributed by atoms with Gasteiger partial charge in [-0.25, -0.2) is 14.8 Å². The minimum Gasteiger partial charge on any atom is -0.465 e. The van der Waals surface area contributed by atoms with Gasteiger partial charge in [-0.2, -0.15) is 0 Å². The molecule has 0 saturated carbocycles. The zero-order chi connectivity index (χ0) is 18.8. The molecule has 0 saturated heterocycles. The third-order valence-electron chi connectivity index (χ3n) is 4.09. The van der Waals surface area contributed by atoms with Gasteiger partial charge in [-0.15, -0.1) is 11.3 Å². The van der Waals surface area contributed by atoms with Crippen molar-refractivity contribution in [2.45, 2.75) is 0 Å². The highest BCUT2D eigenvalue weighted by atomic mass is 35.5. The van der Waals surface area contributed by atoms with Gasteiger partial charge in [-0.1, -0.05) is 23.7 Å². The predicted molar refractivity (Wildman–Crippen MR) is 109 cm³/mol. The van der Waals surface area contributed by atoms with Crippen LogP contribution in [0.5, 0.6) is 0 Å². The van der Waals surface area contributed by atoms with Gasteiger partial charge in [0.25, 0.3) is 0 Å². The number of hydrogen-bond acceptors (Lipinski definition) is 6. The van der Waals surface area contributed by atoms with Gasteiger partial charge in [0.05, 0.1) is 18.1 Å². The summed E-state index contributed by atoms with van der Waals surface area (Å²) in [5, 5.41) is 7.02. The molecule has 0 fully saturated rings. The lowest BCUT2D eigenvalue weighted by Crippen LogP contribution is -2.01. The van der Waals surface area contributed by atoms with E-state index in [-0.39, 0.29) is 5.97 Å². The number of carbonyl (C=O) groups excluding carboxylic acids is 1. The second kappa shape index (κ2) is 7.34. The van der Waals surface area contributed by atoms with Crippen LogP contribution in [0.4, 0.5) is 11.5 Å². The standard InChI is InChI=1S/C20H14ClN3O2S/c1-26-20(25)13-4-8-15(9-5-13)24-18-17-16(10-27-19(17)23-11-22-18)12-2-6-14(21)7-3-12/h2-11H,1H3,(H,22,23,24). The number of nitrogens with one attached hydrogen (secondary N) is 1. The molecule has 1 N–H and O–H groups in total. The average molecular weight is 396 g/mol. The van der Waals surface area contributed by atoms with Crippen LogP contribution in [0.1, 0.15) is 10.4 Å². The summed E-state index contributed by atoms with van der Waals surface area (Å²) in [6.45, 7) is 0. The Morgan fingerprint density at radius 3 is 2.52 bits per heavy atom. The predicted octanol–water partition coefficient (Wildman–Crippen LogP) is 5.54. The fraction of sp³-hybridized carbons (Fsp3) is 0.0500. The van der Waals surface area contributed by atoms with Gasteiger partial charge in [-0.3, -0.25) is 0 Å². The monoisotopic (exact) mass is 395 g/mol. The molecule has 27 heavy (non-hydrogen) atoms. The summed E-state index contributed by atoms with van der Waals surface area (Å²) < 4.78 is 4.73. The van der Waals surface area contributed by atoms with Crippen molar-refractivity contribution in [1.82, 2.24) is 9.97 Å². The summed E-state index contributed by atoms with van der Waals surface area (Å²) in [7, 11) is 1.36. The van der Waals surface area contributed by atoms with Gasteiger partial charge in [0.1, 0.15) is 17.0 Å². The molecular weight excluding hydrogens is 382 g/mol. The lowest BCUT2D eigenvalue weighted by molar-refractivity contribution is 0.0601. The lowest BCUT2D eigenvalue weighted by atomic mass is 10.1. The van der Waals surface area contributed by atoms with Crippen molar-refractivity contribution in [3.8, 4) is 11.1 Å². The highest BCUT2D eigenvalue weighted by molar-refractivity contribution is 7.17. The number of carbonyl (C=O) groups is 1. The van der Waals surface area contributed by atoms with E-state index in [1.165, 1.54) is 13.4 Å². The van der Waals surface area contributed by atoms with Crippen molar-refractivity contribution < 1.29 is 9.53 Å². The normalized spacial score (nSPS) is 10.7. The van der Waals surface area contributed by atoms with Crippen LogP contribution in [0, 0.1) is 0 Å². The van der Waals surface area contributed by atoms with Crippen LogP contribution in [0.25, 0.3) is 21.3 Å². The Morgan fingerprint density at radius 2 is 1.81 bits per heavy atom. The maximum absolute atomic E-state index is 11.6. The molecule has 4 rings (SSSR count). The van der Waals surface area contributed by atoms with Crippen LogP contribution in [0.15, 0.2) is 60.2 Å². The molecule has 0 aliphatic carbocycles. The van der Waals surface area contributed by atoms with E-state index in [2.05, 4.69) is 20.7 Å². The summed E-state index contributed by atoms with van der Waals surface area (Å²) in [5.74, 6) is 0.339. The van der Waals surface area contributed by atoms with Crippen LogP contribution in [-0.2, 0) is 4.74 Å². The summed E-state index contributed by atoms with van der Waals surface area (Å²) in [5.41, 5.74) is 3.40. The van der Waals surface area contributed by atoms with Crippen molar-refractivity contribution in [2.75, 3.05) is 12.4 Å². The number of benzene rings is 2. The average Bonchev–Trinajstić information content (AvgIpc) is 3.14. The van der Waals surface area contributed by atoms with E-state index in [4.69, 9.17) is 16.3 Å². The Morgan fingerprint density at radius 1 is 1.07 bits per heavy atom. The van der Waals surface area contributed by atoms with E-state index in [0.29, 0.717) is 16.4 Å². The number of methoxy groups -OCH3 is 1. The number of nitrogens with zero attached hydrogens (tertiary/aromatic N) is 2. The fourth-order valence-corrected chi connectivity index (χ4v) is 3.80. The summed E-state index contributed by atoms with van der Waals surface area (Å²) in [6, 6.07) is 14.7. The maximum atomic E-state index is 11.6. The number of hydrogen-bond donors (Lipinski definition) is 1. The highest BCUT2D eigenvalue weighted by Gasteiger charge is 2.14. The van der Waals surface area contributed by atoms with E-state index in [1.54, 1.807) is 23.5 Å². The quantitative estimate of drug-likeness (QED) is 0.459. The first-order valence-corrected chi connectivity index (χ1v) is 9.35. The first kappa shape index (κ1) is 17.5. The molecule has 2 heterocycles. The molecular formula is C20H14ClN3O2S. The topological polar surface area (TPSA) is 64.1 Å². The van der Waals surface area contributed by atoms with Gasteiger partial charge in [0.15, 0.2) is 0 Å².